The Bertz CT molecular complexity index is 390. The zero-order valence-electron chi connectivity index (χ0n) is 12.3. The summed E-state index contributed by atoms with van der Waals surface area (Å²) in [5, 5.41) is 3.93. The van der Waals surface area contributed by atoms with Crippen LogP contribution in [0.2, 0.25) is 5.02 Å². The average molecular weight is 286 g/mol. The van der Waals surface area contributed by atoms with Crippen molar-refractivity contribution >= 4 is 11.6 Å². The van der Waals surface area contributed by atoms with Crippen molar-refractivity contribution in [1.82, 2.24) is 5.32 Å². The smallest absolute Gasteiger partial charge is 0.127 e. The van der Waals surface area contributed by atoms with Gasteiger partial charge in [-0.05, 0) is 55.0 Å². The first-order valence-electron chi connectivity index (χ1n) is 7.04. The van der Waals surface area contributed by atoms with Gasteiger partial charge in [0.2, 0.25) is 0 Å². The van der Waals surface area contributed by atoms with Gasteiger partial charge in [0, 0.05) is 5.02 Å². The lowest BCUT2D eigenvalue weighted by molar-refractivity contribution is 0.349. The summed E-state index contributed by atoms with van der Waals surface area (Å²) < 4.78 is 13.8. The molecule has 0 aliphatic rings. The number of halogens is 2. The predicted octanol–water partition coefficient (Wildman–Crippen LogP) is 4.54. The van der Waals surface area contributed by atoms with Gasteiger partial charge in [0.25, 0.3) is 0 Å². The van der Waals surface area contributed by atoms with Crippen molar-refractivity contribution in [3.63, 3.8) is 0 Å². The molecule has 0 fully saturated rings. The molecule has 19 heavy (non-hydrogen) atoms. The van der Waals surface area contributed by atoms with Crippen molar-refractivity contribution in [3.8, 4) is 0 Å². The fourth-order valence-corrected chi connectivity index (χ4v) is 2.23. The largest absolute Gasteiger partial charge is 0.316 e. The van der Waals surface area contributed by atoms with Crippen molar-refractivity contribution in [2.45, 2.75) is 34.1 Å². The number of hydrogen-bond acceptors (Lipinski definition) is 1. The molecule has 1 aromatic carbocycles. The summed E-state index contributed by atoms with van der Waals surface area (Å²) >= 11 is 5.78. The van der Waals surface area contributed by atoms with E-state index in [-0.39, 0.29) is 5.82 Å². The molecular weight excluding hydrogens is 261 g/mol. The molecular formula is C16H25ClFN. The number of nitrogens with one attached hydrogen (secondary N) is 1. The molecule has 3 heteroatoms. The van der Waals surface area contributed by atoms with Crippen LogP contribution in [0, 0.1) is 23.6 Å². The van der Waals surface area contributed by atoms with Gasteiger partial charge in [0.05, 0.1) is 0 Å². The Morgan fingerprint density at radius 2 is 1.84 bits per heavy atom. The number of benzene rings is 1. The monoisotopic (exact) mass is 285 g/mol. The van der Waals surface area contributed by atoms with Crippen LogP contribution in [0.25, 0.3) is 0 Å². The SMILES string of the molecule is CC(C)CNCC(Cc1ccc(Cl)cc1F)C(C)C. The molecule has 1 unspecified atom stereocenters. The van der Waals surface area contributed by atoms with Gasteiger partial charge in [-0.3, -0.25) is 0 Å². The summed E-state index contributed by atoms with van der Waals surface area (Å²) in [6.45, 7) is 10.7. The second kappa shape index (κ2) is 7.86. The van der Waals surface area contributed by atoms with Crippen LogP contribution in [-0.4, -0.2) is 13.1 Å². The molecule has 0 saturated carbocycles. The van der Waals surface area contributed by atoms with E-state index < -0.39 is 0 Å². The maximum absolute atomic E-state index is 13.8. The summed E-state index contributed by atoms with van der Waals surface area (Å²) in [4.78, 5) is 0. The second-order valence-electron chi connectivity index (χ2n) is 6.00. The van der Waals surface area contributed by atoms with Crippen LogP contribution < -0.4 is 5.32 Å². The zero-order valence-corrected chi connectivity index (χ0v) is 13.1. The van der Waals surface area contributed by atoms with Gasteiger partial charge >= 0.3 is 0 Å². The average Bonchev–Trinajstić information content (AvgIpc) is 2.30. The molecule has 0 spiro atoms. The zero-order chi connectivity index (χ0) is 14.4. The highest BCUT2D eigenvalue weighted by molar-refractivity contribution is 6.30. The number of hydrogen-bond donors (Lipinski definition) is 1. The molecule has 0 aliphatic heterocycles. The van der Waals surface area contributed by atoms with Crippen LogP contribution >= 0.6 is 11.6 Å². The number of rotatable bonds is 7. The molecule has 108 valence electrons. The molecule has 1 aromatic rings. The lowest BCUT2D eigenvalue weighted by atomic mass is 9.89. The van der Waals surface area contributed by atoms with Crippen LogP contribution in [0.4, 0.5) is 4.39 Å². The van der Waals surface area contributed by atoms with E-state index in [4.69, 9.17) is 11.6 Å². The van der Waals surface area contributed by atoms with Gasteiger partial charge in [-0.25, -0.2) is 4.39 Å². The molecule has 0 aliphatic carbocycles. The van der Waals surface area contributed by atoms with Crippen molar-refractivity contribution in [2.75, 3.05) is 13.1 Å². The van der Waals surface area contributed by atoms with E-state index in [0.29, 0.717) is 22.8 Å². The summed E-state index contributed by atoms with van der Waals surface area (Å²) in [6, 6.07) is 4.96. The van der Waals surface area contributed by atoms with Gasteiger partial charge in [-0.2, -0.15) is 0 Å². The van der Waals surface area contributed by atoms with Crippen molar-refractivity contribution < 1.29 is 4.39 Å². The Morgan fingerprint density at radius 1 is 1.16 bits per heavy atom. The third kappa shape index (κ3) is 5.92. The van der Waals surface area contributed by atoms with E-state index in [0.717, 1.165) is 25.1 Å². The maximum Gasteiger partial charge on any atom is 0.127 e. The fourth-order valence-electron chi connectivity index (χ4n) is 2.07. The molecule has 1 rings (SSSR count). The van der Waals surface area contributed by atoms with E-state index in [1.165, 1.54) is 6.07 Å². The standard InChI is InChI=1S/C16H25ClFN/c1-11(2)9-19-10-14(12(3)4)7-13-5-6-15(17)8-16(13)18/h5-6,8,11-12,14,19H,7,9-10H2,1-4H3. The van der Waals surface area contributed by atoms with Crippen molar-refractivity contribution in [1.29, 1.82) is 0 Å². The molecule has 0 heterocycles. The fraction of sp³-hybridized carbons (Fsp3) is 0.625. The van der Waals surface area contributed by atoms with Crippen LogP contribution in [0.5, 0.6) is 0 Å². The third-order valence-corrected chi connectivity index (χ3v) is 3.63. The van der Waals surface area contributed by atoms with Crippen molar-refractivity contribution in [2.24, 2.45) is 17.8 Å². The highest BCUT2D eigenvalue weighted by Gasteiger charge is 2.16. The first-order valence-corrected chi connectivity index (χ1v) is 7.42. The predicted molar refractivity (Wildman–Crippen MR) is 81.1 cm³/mol. The van der Waals surface area contributed by atoms with Gasteiger partial charge in [0.1, 0.15) is 5.82 Å². The Morgan fingerprint density at radius 3 is 2.37 bits per heavy atom. The van der Waals surface area contributed by atoms with Crippen LogP contribution in [0.3, 0.4) is 0 Å². The Labute approximate surface area is 121 Å². The van der Waals surface area contributed by atoms with E-state index >= 15 is 0 Å². The minimum absolute atomic E-state index is 0.193. The Balaban J connectivity index is 2.62. The minimum atomic E-state index is -0.193. The Hall–Kier alpha value is -0.600. The van der Waals surface area contributed by atoms with Crippen LogP contribution in [-0.2, 0) is 6.42 Å². The van der Waals surface area contributed by atoms with E-state index in [1.807, 2.05) is 0 Å². The first kappa shape index (κ1) is 16.5. The first-order chi connectivity index (χ1) is 8.90. The molecule has 1 atom stereocenters. The summed E-state index contributed by atoms with van der Waals surface area (Å²) in [7, 11) is 0. The lowest BCUT2D eigenvalue weighted by Crippen LogP contribution is -2.30. The highest BCUT2D eigenvalue weighted by atomic mass is 35.5. The van der Waals surface area contributed by atoms with Gasteiger partial charge < -0.3 is 5.32 Å². The quantitative estimate of drug-likeness (QED) is 0.775. The molecule has 0 radical (unpaired) electrons. The molecule has 0 saturated heterocycles. The normalized spacial score (nSPS) is 13.3. The second-order valence-corrected chi connectivity index (χ2v) is 6.43. The molecule has 0 amide bonds. The highest BCUT2D eigenvalue weighted by Crippen LogP contribution is 2.21. The van der Waals surface area contributed by atoms with Gasteiger partial charge in [-0.1, -0.05) is 45.4 Å². The van der Waals surface area contributed by atoms with E-state index in [9.17, 15) is 4.39 Å². The summed E-state index contributed by atoms with van der Waals surface area (Å²) in [5.74, 6) is 1.41. The summed E-state index contributed by atoms with van der Waals surface area (Å²) in [6.07, 6.45) is 0.756. The summed E-state index contributed by atoms with van der Waals surface area (Å²) in [5.41, 5.74) is 0.759. The Kier molecular flexibility index (Phi) is 6.81. The molecule has 0 bridgehead atoms. The maximum atomic E-state index is 13.8. The molecule has 0 aromatic heterocycles. The van der Waals surface area contributed by atoms with E-state index in [2.05, 4.69) is 33.0 Å². The van der Waals surface area contributed by atoms with Crippen LogP contribution in [0.15, 0.2) is 18.2 Å². The molecule has 1 nitrogen and oxygen atoms in total. The van der Waals surface area contributed by atoms with Gasteiger partial charge in [0.15, 0.2) is 0 Å². The lowest BCUT2D eigenvalue weighted by Gasteiger charge is -2.22. The van der Waals surface area contributed by atoms with Gasteiger partial charge in [-0.15, -0.1) is 0 Å². The van der Waals surface area contributed by atoms with Crippen LogP contribution in [0.1, 0.15) is 33.3 Å². The molecule has 1 N–H and O–H groups in total. The van der Waals surface area contributed by atoms with E-state index in [1.54, 1.807) is 12.1 Å². The topological polar surface area (TPSA) is 12.0 Å². The minimum Gasteiger partial charge on any atom is -0.316 e. The third-order valence-electron chi connectivity index (χ3n) is 3.40. The van der Waals surface area contributed by atoms with Crippen molar-refractivity contribution in [3.05, 3.63) is 34.6 Å².